The van der Waals surface area contributed by atoms with Crippen molar-refractivity contribution >= 4 is 0 Å². The van der Waals surface area contributed by atoms with Gasteiger partial charge in [-0.25, -0.2) is 0 Å². The molecule has 1 aromatic carbocycles. The van der Waals surface area contributed by atoms with Crippen molar-refractivity contribution in [2.45, 2.75) is 19.8 Å². The maximum absolute atomic E-state index is 9.98. The van der Waals surface area contributed by atoms with Crippen molar-refractivity contribution < 1.29 is 9.84 Å². The van der Waals surface area contributed by atoms with Crippen molar-refractivity contribution in [1.82, 2.24) is 10.2 Å². The lowest BCUT2D eigenvalue weighted by Gasteiger charge is -2.10. The summed E-state index contributed by atoms with van der Waals surface area (Å²) in [5.41, 5.74) is 2.70. The van der Waals surface area contributed by atoms with Gasteiger partial charge in [-0.3, -0.25) is 0 Å². The van der Waals surface area contributed by atoms with E-state index in [1.54, 1.807) is 25.4 Å². The third-order valence-corrected chi connectivity index (χ3v) is 2.83. The van der Waals surface area contributed by atoms with Crippen LogP contribution in [0, 0.1) is 0 Å². The molecule has 0 saturated carbocycles. The quantitative estimate of drug-likeness (QED) is 0.901. The summed E-state index contributed by atoms with van der Waals surface area (Å²) in [4.78, 5) is 0. The van der Waals surface area contributed by atoms with Crippen molar-refractivity contribution in [1.29, 1.82) is 0 Å². The first-order valence-electron chi connectivity index (χ1n) is 5.82. The molecular weight excluding hydrogens is 228 g/mol. The zero-order valence-electron chi connectivity index (χ0n) is 10.7. The van der Waals surface area contributed by atoms with Gasteiger partial charge in [0.25, 0.3) is 0 Å². The predicted molar refractivity (Wildman–Crippen MR) is 69.8 cm³/mol. The molecule has 1 heterocycles. The SMILES string of the molecule is COc1cc(-c2ccc(C(C)C)c(O)c2)cnn1. The van der Waals surface area contributed by atoms with Gasteiger partial charge < -0.3 is 9.84 Å². The molecule has 1 aromatic heterocycles. The molecule has 94 valence electrons. The highest BCUT2D eigenvalue weighted by atomic mass is 16.5. The molecule has 0 spiro atoms. The molecule has 4 nitrogen and oxygen atoms in total. The number of phenolic OH excluding ortho intramolecular Hbond substituents is 1. The minimum atomic E-state index is 0.296. The Hall–Kier alpha value is -2.10. The van der Waals surface area contributed by atoms with Gasteiger partial charge in [0.05, 0.1) is 13.3 Å². The van der Waals surface area contributed by atoms with Gasteiger partial charge in [0.2, 0.25) is 5.88 Å². The van der Waals surface area contributed by atoms with Crippen LogP contribution in [0.15, 0.2) is 30.5 Å². The average Bonchev–Trinajstić information content (AvgIpc) is 2.38. The molecule has 0 aliphatic carbocycles. The monoisotopic (exact) mass is 244 g/mol. The zero-order valence-corrected chi connectivity index (χ0v) is 10.7. The third-order valence-electron chi connectivity index (χ3n) is 2.83. The Bertz CT molecular complexity index is 553. The second kappa shape index (κ2) is 5.04. The smallest absolute Gasteiger partial charge is 0.233 e. The molecular formula is C14H16N2O2. The molecule has 0 aliphatic rings. The van der Waals surface area contributed by atoms with Crippen LogP contribution in [-0.2, 0) is 0 Å². The molecule has 0 saturated heterocycles. The number of aromatic hydroxyl groups is 1. The van der Waals surface area contributed by atoms with Crippen molar-refractivity contribution in [2.24, 2.45) is 0 Å². The largest absolute Gasteiger partial charge is 0.508 e. The van der Waals surface area contributed by atoms with E-state index < -0.39 is 0 Å². The van der Waals surface area contributed by atoms with Gasteiger partial charge in [0, 0.05) is 11.6 Å². The average molecular weight is 244 g/mol. The Morgan fingerprint density at radius 1 is 1.17 bits per heavy atom. The lowest BCUT2D eigenvalue weighted by Crippen LogP contribution is -1.92. The molecule has 4 heteroatoms. The van der Waals surface area contributed by atoms with Crippen LogP contribution >= 0.6 is 0 Å². The molecule has 0 unspecified atom stereocenters. The van der Waals surface area contributed by atoms with Gasteiger partial charge in [0.1, 0.15) is 5.75 Å². The number of hydrogen-bond acceptors (Lipinski definition) is 4. The predicted octanol–water partition coefficient (Wildman–Crippen LogP) is 2.98. The standard InChI is InChI=1S/C14H16N2O2/c1-9(2)12-5-4-10(6-13(12)17)11-7-14(18-3)16-15-8-11/h4-9,17H,1-3H3. The molecule has 0 aliphatic heterocycles. The summed E-state index contributed by atoms with van der Waals surface area (Å²) < 4.78 is 5.03. The van der Waals surface area contributed by atoms with Gasteiger partial charge >= 0.3 is 0 Å². The molecule has 0 bridgehead atoms. The maximum atomic E-state index is 9.98. The normalized spacial score (nSPS) is 10.7. The fourth-order valence-electron chi connectivity index (χ4n) is 1.82. The van der Waals surface area contributed by atoms with Gasteiger partial charge in [0.15, 0.2) is 0 Å². The van der Waals surface area contributed by atoms with Crippen LogP contribution in [0.1, 0.15) is 25.3 Å². The first-order chi connectivity index (χ1) is 8.61. The minimum Gasteiger partial charge on any atom is -0.508 e. The van der Waals surface area contributed by atoms with E-state index in [-0.39, 0.29) is 0 Å². The van der Waals surface area contributed by atoms with E-state index in [1.165, 1.54) is 0 Å². The number of ether oxygens (including phenoxy) is 1. The summed E-state index contributed by atoms with van der Waals surface area (Å²) in [7, 11) is 1.55. The van der Waals surface area contributed by atoms with Gasteiger partial charge in [-0.2, -0.15) is 5.10 Å². The second-order valence-electron chi connectivity index (χ2n) is 4.41. The Morgan fingerprint density at radius 3 is 2.56 bits per heavy atom. The van der Waals surface area contributed by atoms with E-state index in [1.807, 2.05) is 26.0 Å². The lowest BCUT2D eigenvalue weighted by molar-refractivity contribution is 0.392. The molecule has 0 radical (unpaired) electrons. The second-order valence-corrected chi connectivity index (χ2v) is 4.41. The number of rotatable bonds is 3. The van der Waals surface area contributed by atoms with Crippen LogP contribution < -0.4 is 4.74 Å². The Labute approximate surface area is 106 Å². The highest BCUT2D eigenvalue weighted by Crippen LogP contribution is 2.31. The Kier molecular flexibility index (Phi) is 3.46. The van der Waals surface area contributed by atoms with Gasteiger partial charge in [-0.1, -0.05) is 26.0 Å². The zero-order chi connectivity index (χ0) is 13.1. The molecule has 0 fully saturated rings. The van der Waals surface area contributed by atoms with E-state index in [0.717, 1.165) is 16.7 Å². The summed E-state index contributed by atoms with van der Waals surface area (Å²) in [5, 5.41) is 17.7. The van der Waals surface area contributed by atoms with Crippen LogP contribution in [0.4, 0.5) is 0 Å². The first-order valence-corrected chi connectivity index (χ1v) is 5.82. The number of hydrogen-bond donors (Lipinski definition) is 1. The van der Waals surface area contributed by atoms with Crippen molar-refractivity contribution in [3.05, 3.63) is 36.0 Å². The number of nitrogens with zero attached hydrogens (tertiary/aromatic N) is 2. The third kappa shape index (κ3) is 2.42. The fourth-order valence-corrected chi connectivity index (χ4v) is 1.82. The van der Waals surface area contributed by atoms with Gasteiger partial charge in [-0.15, -0.1) is 5.10 Å². The molecule has 2 rings (SSSR count). The van der Waals surface area contributed by atoms with Crippen LogP contribution in [-0.4, -0.2) is 22.4 Å². The van der Waals surface area contributed by atoms with E-state index in [9.17, 15) is 5.11 Å². The van der Waals surface area contributed by atoms with E-state index in [2.05, 4.69) is 10.2 Å². The Morgan fingerprint density at radius 2 is 1.94 bits per heavy atom. The van der Waals surface area contributed by atoms with Crippen LogP contribution in [0.5, 0.6) is 11.6 Å². The summed E-state index contributed by atoms with van der Waals surface area (Å²) in [6.07, 6.45) is 1.65. The highest BCUT2D eigenvalue weighted by molar-refractivity contribution is 5.66. The molecule has 1 N–H and O–H groups in total. The fraction of sp³-hybridized carbons (Fsp3) is 0.286. The van der Waals surface area contributed by atoms with Crippen LogP contribution in [0.25, 0.3) is 11.1 Å². The van der Waals surface area contributed by atoms with Crippen molar-refractivity contribution in [3.8, 4) is 22.8 Å². The number of benzene rings is 1. The molecule has 2 aromatic rings. The molecule has 0 atom stereocenters. The summed E-state index contributed by atoms with van der Waals surface area (Å²) >= 11 is 0. The van der Waals surface area contributed by atoms with E-state index in [0.29, 0.717) is 17.5 Å². The molecule has 0 amide bonds. The first kappa shape index (κ1) is 12.4. The maximum Gasteiger partial charge on any atom is 0.233 e. The van der Waals surface area contributed by atoms with E-state index in [4.69, 9.17) is 4.74 Å². The van der Waals surface area contributed by atoms with Crippen molar-refractivity contribution in [2.75, 3.05) is 7.11 Å². The number of phenols is 1. The molecule has 18 heavy (non-hydrogen) atoms. The van der Waals surface area contributed by atoms with E-state index >= 15 is 0 Å². The number of aromatic nitrogens is 2. The van der Waals surface area contributed by atoms with Gasteiger partial charge in [-0.05, 0) is 23.1 Å². The van der Waals surface area contributed by atoms with Crippen LogP contribution in [0.2, 0.25) is 0 Å². The summed E-state index contributed by atoms with van der Waals surface area (Å²) in [6, 6.07) is 7.43. The highest BCUT2D eigenvalue weighted by Gasteiger charge is 2.08. The number of methoxy groups -OCH3 is 1. The minimum absolute atomic E-state index is 0.296. The summed E-state index contributed by atoms with van der Waals surface area (Å²) in [6.45, 7) is 4.09. The topological polar surface area (TPSA) is 55.2 Å². The van der Waals surface area contributed by atoms with Crippen molar-refractivity contribution in [3.63, 3.8) is 0 Å². The van der Waals surface area contributed by atoms with Crippen LogP contribution in [0.3, 0.4) is 0 Å². The lowest BCUT2D eigenvalue weighted by atomic mass is 9.98. The summed E-state index contributed by atoms with van der Waals surface area (Å²) in [5.74, 6) is 1.06. The Balaban J connectivity index is 2.42.